The van der Waals surface area contributed by atoms with Crippen LogP contribution in [0.5, 0.6) is 0 Å². The molecule has 1 fully saturated rings. The lowest BCUT2D eigenvalue weighted by Crippen LogP contribution is -2.31. The standard InChI is InChI=1S/C17H24N4OS/c1-2-20-16(14-7-6-10-18-13-14)19-21(17(20)22)11-12-23-15-8-4-3-5-9-15/h3-5,8-9,14,18H,2,6-7,10-13H2,1H3. The molecule has 1 aromatic heterocycles. The Morgan fingerprint density at radius 3 is 2.87 bits per heavy atom. The van der Waals surface area contributed by atoms with E-state index in [1.807, 2.05) is 29.7 Å². The predicted molar refractivity (Wildman–Crippen MR) is 94.2 cm³/mol. The van der Waals surface area contributed by atoms with Crippen LogP contribution in [0.15, 0.2) is 40.0 Å². The number of aromatic nitrogens is 3. The smallest absolute Gasteiger partial charge is 0.316 e. The average molecular weight is 332 g/mol. The Morgan fingerprint density at radius 2 is 2.17 bits per heavy atom. The van der Waals surface area contributed by atoms with Crippen LogP contribution >= 0.6 is 11.8 Å². The minimum Gasteiger partial charge on any atom is -0.316 e. The Hall–Kier alpha value is -1.53. The number of hydrogen-bond donors (Lipinski definition) is 1. The van der Waals surface area contributed by atoms with Crippen molar-refractivity contribution < 1.29 is 0 Å². The summed E-state index contributed by atoms with van der Waals surface area (Å²) in [4.78, 5) is 13.8. The molecule has 0 spiro atoms. The van der Waals surface area contributed by atoms with Crippen molar-refractivity contribution in [1.82, 2.24) is 19.7 Å². The van der Waals surface area contributed by atoms with Crippen molar-refractivity contribution in [1.29, 1.82) is 0 Å². The summed E-state index contributed by atoms with van der Waals surface area (Å²) in [5, 5.41) is 8.06. The summed E-state index contributed by atoms with van der Waals surface area (Å²) in [6, 6.07) is 10.3. The van der Waals surface area contributed by atoms with Crippen molar-refractivity contribution in [3.8, 4) is 0 Å². The number of aryl methyl sites for hydroxylation is 1. The van der Waals surface area contributed by atoms with Gasteiger partial charge in [-0.2, -0.15) is 5.10 Å². The Labute approximate surface area is 141 Å². The molecule has 0 bridgehead atoms. The maximum atomic E-state index is 12.5. The Bertz CT molecular complexity index is 674. The molecule has 2 heterocycles. The van der Waals surface area contributed by atoms with Crippen LogP contribution in [0.25, 0.3) is 0 Å². The number of rotatable bonds is 6. The van der Waals surface area contributed by atoms with Gasteiger partial charge in [0.15, 0.2) is 0 Å². The summed E-state index contributed by atoms with van der Waals surface area (Å²) in [5.41, 5.74) is 0.0294. The zero-order chi connectivity index (χ0) is 16.1. The molecule has 3 rings (SSSR count). The molecule has 124 valence electrons. The maximum absolute atomic E-state index is 12.5. The quantitative estimate of drug-likeness (QED) is 0.825. The van der Waals surface area contributed by atoms with Crippen molar-refractivity contribution in [2.75, 3.05) is 18.8 Å². The van der Waals surface area contributed by atoms with Gasteiger partial charge >= 0.3 is 5.69 Å². The monoisotopic (exact) mass is 332 g/mol. The van der Waals surface area contributed by atoms with E-state index in [-0.39, 0.29) is 5.69 Å². The lowest BCUT2D eigenvalue weighted by molar-refractivity contribution is 0.431. The fourth-order valence-corrected chi connectivity index (χ4v) is 3.89. The Kier molecular flexibility index (Phi) is 5.56. The van der Waals surface area contributed by atoms with Crippen molar-refractivity contribution >= 4 is 11.8 Å². The first-order chi connectivity index (χ1) is 11.3. The topological polar surface area (TPSA) is 51.9 Å². The van der Waals surface area contributed by atoms with Crippen molar-refractivity contribution in [2.24, 2.45) is 0 Å². The largest absolute Gasteiger partial charge is 0.345 e. The molecule has 2 aromatic rings. The third-order valence-electron chi connectivity index (χ3n) is 4.24. The first-order valence-electron chi connectivity index (χ1n) is 8.35. The van der Waals surface area contributed by atoms with Gasteiger partial charge in [-0.25, -0.2) is 9.48 Å². The zero-order valence-electron chi connectivity index (χ0n) is 13.6. The van der Waals surface area contributed by atoms with E-state index in [2.05, 4.69) is 22.5 Å². The van der Waals surface area contributed by atoms with Gasteiger partial charge < -0.3 is 5.32 Å². The first-order valence-corrected chi connectivity index (χ1v) is 9.34. The summed E-state index contributed by atoms with van der Waals surface area (Å²) >= 11 is 1.76. The van der Waals surface area contributed by atoms with E-state index >= 15 is 0 Å². The van der Waals surface area contributed by atoms with E-state index in [0.29, 0.717) is 19.0 Å². The molecule has 0 radical (unpaired) electrons. The highest BCUT2D eigenvalue weighted by molar-refractivity contribution is 7.99. The number of nitrogens with one attached hydrogen (secondary N) is 1. The average Bonchev–Trinajstić information content (AvgIpc) is 2.93. The van der Waals surface area contributed by atoms with Gasteiger partial charge in [-0.05, 0) is 38.4 Å². The minimum absolute atomic E-state index is 0.0294. The molecule has 0 saturated carbocycles. The SMILES string of the molecule is CCn1c(C2CCCNC2)nn(CCSc2ccccc2)c1=O. The van der Waals surface area contributed by atoms with Crippen LogP contribution in [0.4, 0.5) is 0 Å². The Morgan fingerprint density at radius 1 is 1.35 bits per heavy atom. The highest BCUT2D eigenvalue weighted by Crippen LogP contribution is 2.21. The molecule has 1 unspecified atom stereocenters. The van der Waals surface area contributed by atoms with Crippen molar-refractivity contribution in [3.05, 3.63) is 46.6 Å². The fourth-order valence-electron chi connectivity index (χ4n) is 3.04. The lowest BCUT2D eigenvalue weighted by Gasteiger charge is -2.21. The molecular formula is C17H24N4OS. The van der Waals surface area contributed by atoms with Gasteiger partial charge in [-0.3, -0.25) is 4.57 Å². The Balaban J connectivity index is 1.69. The molecule has 1 aliphatic heterocycles. The highest BCUT2D eigenvalue weighted by Gasteiger charge is 2.23. The second kappa shape index (κ2) is 7.84. The molecule has 23 heavy (non-hydrogen) atoms. The van der Waals surface area contributed by atoms with E-state index in [1.165, 1.54) is 4.90 Å². The second-order valence-corrected chi connectivity index (χ2v) is 6.98. The van der Waals surface area contributed by atoms with E-state index in [0.717, 1.165) is 37.5 Å². The van der Waals surface area contributed by atoms with Gasteiger partial charge in [0.25, 0.3) is 0 Å². The lowest BCUT2D eigenvalue weighted by atomic mass is 9.99. The van der Waals surface area contributed by atoms with Gasteiger partial charge in [0.2, 0.25) is 0 Å². The van der Waals surface area contributed by atoms with Gasteiger partial charge in [-0.1, -0.05) is 18.2 Å². The molecule has 0 aliphatic carbocycles. The van der Waals surface area contributed by atoms with Crippen LogP contribution in [0.2, 0.25) is 0 Å². The summed E-state index contributed by atoms with van der Waals surface area (Å²) in [6.07, 6.45) is 2.27. The molecule has 5 nitrogen and oxygen atoms in total. The summed E-state index contributed by atoms with van der Waals surface area (Å²) in [7, 11) is 0. The highest BCUT2D eigenvalue weighted by atomic mass is 32.2. The van der Waals surface area contributed by atoms with E-state index in [9.17, 15) is 4.79 Å². The van der Waals surface area contributed by atoms with E-state index in [4.69, 9.17) is 0 Å². The van der Waals surface area contributed by atoms with E-state index < -0.39 is 0 Å². The maximum Gasteiger partial charge on any atom is 0.345 e. The number of piperidine rings is 1. The zero-order valence-corrected chi connectivity index (χ0v) is 14.4. The summed E-state index contributed by atoms with van der Waals surface area (Å²) in [6.45, 7) is 5.36. The second-order valence-electron chi connectivity index (χ2n) is 5.81. The molecule has 1 aromatic carbocycles. The number of benzene rings is 1. The third kappa shape index (κ3) is 3.87. The predicted octanol–water partition coefficient (Wildman–Crippen LogP) is 2.32. The molecular weight excluding hydrogens is 308 g/mol. The molecule has 1 aliphatic rings. The van der Waals surface area contributed by atoms with Crippen LogP contribution < -0.4 is 11.0 Å². The van der Waals surface area contributed by atoms with Gasteiger partial charge in [0.1, 0.15) is 5.82 Å². The molecule has 1 atom stereocenters. The van der Waals surface area contributed by atoms with Gasteiger partial charge in [0, 0.05) is 29.7 Å². The van der Waals surface area contributed by atoms with Crippen molar-refractivity contribution in [2.45, 2.75) is 43.7 Å². The number of thioether (sulfide) groups is 1. The normalized spacial score (nSPS) is 18.2. The van der Waals surface area contributed by atoms with Crippen LogP contribution in [-0.4, -0.2) is 33.2 Å². The third-order valence-corrected chi connectivity index (χ3v) is 5.24. The fraction of sp³-hybridized carbons (Fsp3) is 0.529. The van der Waals surface area contributed by atoms with Crippen LogP contribution in [-0.2, 0) is 13.1 Å². The van der Waals surface area contributed by atoms with Gasteiger partial charge in [-0.15, -0.1) is 11.8 Å². The van der Waals surface area contributed by atoms with Crippen LogP contribution in [0.3, 0.4) is 0 Å². The van der Waals surface area contributed by atoms with E-state index in [1.54, 1.807) is 16.4 Å². The number of hydrogen-bond acceptors (Lipinski definition) is 4. The van der Waals surface area contributed by atoms with Crippen LogP contribution in [0, 0.1) is 0 Å². The number of nitrogens with zero attached hydrogens (tertiary/aromatic N) is 3. The first kappa shape index (κ1) is 16.3. The molecule has 6 heteroatoms. The summed E-state index contributed by atoms with van der Waals surface area (Å²) in [5.74, 6) is 2.17. The van der Waals surface area contributed by atoms with Crippen molar-refractivity contribution in [3.63, 3.8) is 0 Å². The van der Waals surface area contributed by atoms with Crippen LogP contribution in [0.1, 0.15) is 31.5 Å². The van der Waals surface area contributed by atoms with Gasteiger partial charge in [0.05, 0.1) is 6.54 Å². The molecule has 1 saturated heterocycles. The molecule has 0 amide bonds. The summed E-state index contributed by atoms with van der Waals surface area (Å²) < 4.78 is 3.48. The minimum atomic E-state index is 0.0294. The molecule has 1 N–H and O–H groups in total.